The van der Waals surface area contributed by atoms with Crippen molar-refractivity contribution in [3.63, 3.8) is 0 Å². The number of carbonyl (C=O) groups is 1. The Morgan fingerprint density at radius 2 is 1.79 bits per heavy atom. The number of carbonyl (C=O) groups excluding carboxylic acids is 1. The van der Waals surface area contributed by atoms with Crippen molar-refractivity contribution in [1.82, 2.24) is 5.09 Å². The summed E-state index contributed by atoms with van der Waals surface area (Å²) in [6.45, 7) is -0.103. The first-order valence-corrected chi connectivity index (χ1v) is 12.3. The van der Waals surface area contributed by atoms with Crippen molar-refractivity contribution in [2.24, 2.45) is 5.92 Å². The maximum absolute atomic E-state index is 13.0. The molecule has 2 aromatic carbocycles. The van der Waals surface area contributed by atoms with Gasteiger partial charge in [-0.2, -0.15) is 0 Å². The van der Waals surface area contributed by atoms with E-state index in [1.807, 2.05) is 50.2 Å². The van der Waals surface area contributed by atoms with Crippen LogP contribution in [0.1, 0.15) is 46.0 Å². The van der Waals surface area contributed by atoms with Crippen molar-refractivity contribution in [3.05, 3.63) is 42.5 Å². The fourth-order valence-electron chi connectivity index (χ4n) is 3.49. The molecule has 28 heavy (non-hydrogen) atoms. The Balaban J connectivity index is 1.72. The lowest BCUT2D eigenvalue weighted by Gasteiger charge is -2.28. The standard InChI is InChI=1S/C21H27ClNO4P/c1-15(2)20(21(24)26-17-11-4-3-5-12-17)23-28(22,25)27-19-14-8-10-16-9-6-7-13-18(16)19/h6-10,13-15,17,20H,3-5,11-12H2,1-2H3,(H,23,25). The highest BCUT2D eigenvalue weighted by atomic mass is 35.7. The fourth-order valence-corrected chi connectivity index (χ4v) is 5.23. The number of esters is 1. The van der Waals surface area contributed by atoms with Gasteiger partial charge in [0, 0.05) is 16.6 Å². The molecule has 0 bridgehead atoms. The van der Waals surface area contributed by atoms with Gasteiger partial charge in [0.1, 0.15) is 17.9 Å². The zero-order valence-corrected chi connectivity index (χ0v) is 17.9. The number of hydrogen-bond acceptors (Lipinski definition) is 4. The highest BCUT2D eigenvalue weighted by Gasteiger charge is 2.34. The van der Waals surface area contributed by atoms with Crippen molar-refractivity contribution in [2.75, 3.05) is 0 Å². The van der Waals surface area contributed by atoms with Gasteiger partial charge in [0.25, 0.3) is 0 Å². The number of halogens is 1. The summed E-state index contributed by atoms with van der Waals surface area (Å²) in [4.78, 5) is 12.7. The maximum Gasteiger partial charge on any atom is 0.409 e. The molecule has 0 amide bonds. The summed E-state index contributed by atoms with van der Waals surface area (Å²) in [7, 11) is 0. The molecule has 0 spiro atoms. The van der Waals surface area contributed by atoms with Gasteiger partial charge in [-0.1, -0.05) is 56.7 Å². The number of benzene rings is 2. The van der Waals surface area contributed by atoms with Crippen molar-refractivity contribution in [2.45, 2.75) is 58.1 Å². The average molecular weight is 424 g/mol. The molecule has 152 valence electrons. The van der Waals surface area contributed by atoms with Crippen LogP contribution in [0.3, 0.4) is 0 Å². The van der Waals surface area contributed by atoms with Crippen LogP contribution in [0.4, 0.5) is 0 Å². The molecule has 1 aliphatic carbocycles. The predicted molar refractivity (Wildman–Crippen MR) is 113 cm³/mol. The smallest absolute Gasteiger partial charge is 0.409 e. The van der Waals surface area contributed by atoms with E-state index in [1.165, 1.54) is 6.42 Å². The van der Waals surface area contributed by atoms with Gasteiger partial charge in [0.05, 0.1) is 0 Å². The van der Waals surface area contributed by atoms with Crippen molar-refractivity contribution in [3.8, 4) is 5.75 Å². The normalized spacial score (nSPS) is 18.6. The Hall–Kier alpha value is -1.55. The second kappa shape index (κ2) is 9.30. The lowest BCUT2D eigenvalue weighted by atomic mass is 9.97. The molecule has 2 unspecified atom stereocenters. The third kappa shape index (κ3) is 5.50. The SMILES string of the molecule is CC(C)C(NP(=O)(Cl)Oc1cccc2ccccc12)C(=O)OC1CCCCC1. The van der Waals surface area contributed by atoms with E-state index in [9.17, 15) is 9.36 Å². The fraction of sp³-hybridized carbons (Fsp3) is 0.476. The molecule has 5 nitrogen and oxygen atoms in total. The first-order chi connectivity index (χ1) is 13.4. The minimum absolute atomic E-state index is 0.0713. The molecule has 3 rings (SSSR count). The van der Waals surface area contributed by atoms with Crippen LogP contribution in [-0.2, 0) is 14.1 Å². The van der Waals surface area contributed by atoms with Gasteiger partial charge in [0.2, 0.25) is 0 Å². The third-order valence-corrected chi connectivity index (χ3v) is 6.53. The number of ether oxygens (including phenoxy) is 1. The lowest BCUT2D eigenvalue weighted by molar-refractivity contribution is -0.153. The van der Waals surface area contributed by atoms with Gasteiger partial charge in [-0.3, -0.25) is 4.79 Å². The summed E-state index contributed by atoms with van der Waals surface area (Å²) in [6, 6.07) is 12.3. The number of fused-ring (bicyclic) bond motifs is 1. The van der Waals surface area contributed by atoms with E-state index in [0.717, 1.165) is 36.5 Å². The van der Waals surface area contributed by atoms with Gasteiger partial charge in [-0.05, 0) is 43.1 Å². The van der Waals surface area contributed by atoms with Gasteiger partial charge in [0.15, 0.2) is 0 Å². The van der Waals surface area contributed by atoms with Gasteiger partial charge >= 0.3 is 12.8 Å². The van der Waals surface area contributed by atoms with Crippen molar-refractivity contribution < 1.29 is 18.6 Å². The van der Waals surface area contributed by atoms with Gasteiger partial charge in [-0.25, -0.2) is 9.65 Å². The van der Waals surface area contributed by atoms with Crippen molar-refractivity contribution >= 4 is 34.9 Å². The van der Waals surface area contributed by atoms with E-state index in [1.54, 1.807) is 6.07 Å². The minimum atomic E-state index is -3.81. The largest absolute Gasteiger partial charge is 0.461 e. The summed E-state index contributed by atoms with van der Waals surface area (Å²) in [5.41, 5.74) is 0. The molecule has 1 fully saturated rings. The van der Waals surface area contributed by atoms with E-state index < -0.39 is 18.9 Å². The Labute approximate surface area is 171 Å². The van der Waals surface area contributed by atoms with E-state index in [4.69, 9.17) is 20.5 Å². The quantitative estimate of drug-likeness (QED) is 0.433. The molecule has 1 aliphatic rings. The van der Waals surface area contributed by atoms with Gasteiger partial charge < -0.3 is 9.26 Å². The van der Waals surface area contributed by atoms with E-state index in [0.29, 0.717) is 5.75 Å². The van der Waals surface area contributed by atoms with Crippen molar-refractivity contribution in [1.29, 1.82) is 0 Å². The molecule has 7 heteroatoms. The van der Waals surface area contributed by atoms with E-state index in [-0.39, 0.29) is 12.0 Å². The van der Waals surface area contributed by atoms with Crippen LogP contribution in [-0.4, -0.2) is 18.1 Å². The molecule has 0 radical (unpaired) electrons. The Morgan fingerprint density at radius 1 is 1.11 bits per heavy atom. The van der Waals surface area contributed by atoms with Crippen LogP contribution in [0.2, 0.25) is 0 Å². The lowest BCUT2D eigenvalue weighted by Crippen LogP contribution is -2.42. The minimum Gasteiger partial charge on any atom is -0.461 e. The Kier molecular flexibility index (Phi) is 7.03. The topological polar surface area (TPSA) is 64.6 Å². The monoisotopic (exact) mass is 423 g/mol. The Morgan fingerprint density at radius 3 is 2.50 bits per heavy atom. The number of nitrogens with one attached hydrogen (secondary N) is 1. The second-order valence-corrected chi connectivity index (χ2v) is 10.3. The summed E-state index contributed by atoms with van der Waals surface area (Å²) in [6.07, 6.45) is 4.99. The highest BCUT2D eigenvalue weighted by Crippen LogP contribution is 2.50. The van der Waals surface area contributed by atoms with Gasteiger partial charge in [-0.15, -0.1) is 0 Å². The second-order valence-electron chi connectivity index (χ2n) is 7.60. The zero-order valence-electron chi connectivity index (χ0n) is 16.3. The molecule has 0 saturated heterocycles. The predicted octanol–water partition coefficient (Wildman–Crippen LogP) is 6.06. The van der Waals surface area contributed by atoms with E-state index >= 15 is 0 Å². The van der Waals surface area contributed by atoms with Crippen LogP contribution in [0.5, 0.6) is 5.75 Å². The zero-order chi connectivity index (χ0) is 20.1. The third-order valence-electron chi connectivity index (χ3n) is 5.01. The first-order valence-electron chi connectivity index (χ1n) is 9.81. The van der Waals surface area contributed by atoms with E-state index in [2.05, 4.69) is 5.09 Å². The number of hydrogen-bond donors (Lipinski definition) is 1. The summed E-state index contributed by atoms with van der Waals surface area (Å²) in [5.74, 6) is -0.171. The van der Waals surface area contributed by atoms with Crippen LogP contribution >= 0.6 is 18.1 Å². The molecule has 0 aliphatic heterocycles. The highest BCUT2D eigenvalue weighted by molar-refractivity contribution is 7.84. The Bertz CT molecular complexity index is 861. The van der Waals surface area contributed by atoms with Crippen LogP contribution in [0.25, 0.3) is 10.8 Å². The number of rotatable bonds is 7. The van der Waals surface area contributed by atoms with Crippen LogP contribution in [0.15, 0.2) is 42.5 Å². The first kappa shape index (κ1) is 21.2. The maximum atomic E-state index is 13.0. The van der Waals surface area contributed by atoms with Crippen LogP contribution in [0, 0.1) is 5.92 Å². The molecule has 2 aromatic rings. The van der Waals surface area contributed by atoms with Crippen LogP contribution < -0.4 is 9.61 Å². The molecule has 0 aromatic heterocycles. The molecular weight excluding hydrogens is 397 g/mol. The summed E-state index contributed by atoms with van der Waals surface area (Å²) in [5, 5.41) is 4.48. The molecule has 2 atom stereocenters. The average Bonchev–Trinajstić information content (AvgIpc) is 2.67. The molecular formula is C21H27ClNO4P. The molecule has 1 saturated carbocycles. The molecule has 1 N–H and O–H groups in total. The summed E-state index contributed by atoms with van der Waals surface area (Å²) >= 11 is 6.21. The summed E-state index contributed by atoms with van der Waals surface area (Å²) < 4.78 is 24.2. The molecule has 0 heterocycles.